The fraction of sp³-hybridized carbons (Fsp3) is 0.824. The highest BCUT2D eigenvalue weighted by Gasteiger charge is 2.46. The van der Waals surface area contributed by atoms with Crippen LogP contribution in [-0.2, 0) is 4.79 Å². The van der Waals surface area contributed by atoms with Gasteiger partial charge in [-0.1, -0.05) is 31.4 Å². The van der Waals surface area contributed by atoms with Crippen molar-refractivity contribution in [3.8, 4) is 0 Å². The van der Waals surface area contributed by atoms with E-state index in [1.807, 2.05) is 0 Å². The van der Waals surface area contributed by atoms with Crippen molar-refractivity contribution in [2.75, 3.05) is 0 Å². The highest BCUT2D eigenvalue weighted by Crippen LogP contribution is 2.54. The van der Waals surface area contributed by atoms with Crippen LogP contribution in [0.4, 0.5) is 0 Å². The van der Waals surface area contributed by atoms with E-state index < -0.39 is 0 Å². The Hall–Kier alpha value is -0.590. The smallest absolute Gasteiger partial charge is 0.139 e. The van der Waals surface area contributed by atoms with Crippen LogP contribution in [0.1, 0.15) is 78.1 Å². The second-order valence-electron chi connectivity index (χ2n) is 7.41. The minimum absolute atomic E-state index is 0.0612. The molecule has 3 aliphatic carbocycles. The first kappa shape index (κ1) is 12.4. The summed E-state index contributed by atoms with van der Waals surface area (Å²) >= 11 is 0. The number of hydrogen-bond acceptors (Lipinski definition) is 1. The molecule has 100 valence electrons. The van der Waals surface area contributed by atoms with Crippen molar-refractivity contribution < 1.29 is 4.79 Å². The van der Waals surface area contributed by atoms with Crippen LogP contribution in [0, 0.1) is 10.8 Å². The minimum atomic E-state index is 0.0612. The summed E-state index contributed by atoms with van der Waals surface area (Å²) in [7, 11) is 0. The Balaban J connectivity index is 1.92. The molecule has 0 N–H and O–H groups in total. The average molecular weight is 246 g/mol. The molecule has 0 aromatic carbocycles. The van der Waals surface area contributed by atoms with Gasteiger partial charge in [0.15, 0.2) is 0 Å². The Labute approximate surface area is 111 Å². The molecule has 0 saturated heterocycles. The first-order valence-corrected chi connectivity index (χ1v) is 7.78. The van der Waals surface area contributed by atoms with Gasteiger partial charge < -0.3 is 0 Å². The first-order valence-electron chi connectivity index (χ1n) is 7.78. The SMILES string of the molecule is CC1(C)CCCC2=C1CC1(CCCCC1=O)CC2. The van der Waals surface area contributed by atoms with E-state index in [1.54, 1.807) is 11.1 Å². The molecule has 3 rings (SSSR count). The van der Waals surface area contributed by atoms with Crippen LogP contribution >= 0.6 is 0 Å². The lowest BCUT2D eigenvalue weighted by Crippen LogP contribution is -2.40. The Bertz CT molecular complexity index is 402. The highest BCUT2D eigenvalue weighted by molar-refractivity contribution is 5.86. The Morgan fingerprint density at radius 3 is 2.50 bits per heavy atom. The Kier molecular flexibility index (Phi) is 2.91. The van der Waals surface area contributed by atoms with Crippen LogP contribution < -0.4 is 0 Å². The van der Waals surface area contributed by atoms with Crippen LogP contribution in [-0.4, -0.2) is 5.78 Å². The predicted octanol–water partition coefficient (Wildman–Crippen LogP) is 4.81. The number of carbonyl (C=O) groups excluding carboxylic acids is 1. The molecule has 1 spiro atoms. The third kappa shape index (κ3) is 1.87. The lowest BCUT2D eigenvalue weighted by atomic mass is 9.57. The lowest BCUT2D eigenvalue weighted by Gasteiger charge is -2.47. The summed E-state index contributed by atoms with van der Waals surface area (Å²) < 4.78 is 0. The van der Waals surface area contributed by atoms with E-state index >= 15 is 0 Å². The molecule has 3 aliphatic rings. The number of carbonyl (C=O) groups is 1. The van der Waals surface area contributed by atoms with Gasteiger partial charge in [0.1, 0.15) is 5.78 Å². The third-order valence-electron chi connectivity index (χ3n) is 5.85. The number of hydrogen-bond donors (Lipinski definition) is 0. The number of ketones is 1. The van der Waals surface area contributed by atoms with Gasteiger partial charge in [-0.2, -0.15) is 0 Å². The van der Waals surface area contributed by atoms with Crippen molar-refractivity contribution in [3.05, 3.63) is 11.1 Å². The summed E-state index contributed by atoms with van der Waals surface area (Å²) in [6.45, 7) is 4.79. The molecule has 0 amide bonds. The summed E-state index contributed by atoms with van der Waals surface area (Å²) in [4.78, 5) is 12.4. The Morgan fingerprint density at radius 2 is 1.72 bits per heavy atom. The summed E-state index contributed by atoms with van der Waals surface area (Å²) in [6, 6.07) is 0. The van der Waals surface area contributed by atoms with Crippen molar-refractivity contribution >= 4 is 5.78 Å². The molecule has 0 radical (unpaired) electrons. The van der Waals surface area contributed by atoms with Crippen LogP contribution in [0.3, 0.4) is 0 Å². The number of allylic oxidation sites excluding steroid dienone is 2. The molecule has 1 nitrogen and oxygen atoms in total. The molecule has 1 atom stereocenters. The molecule has 0 aliphatic heterocycles. The van der Waals surface area contributed by atoms with Crippen molar-refractivity contribution in [2.24, 2.45) is 10.8 Å². The summed E-state index contributed by atoms with van der Waals surface area (Å²) in [5, 5.41) is 0. The molecule has 1 saturated carbocycles. The fourth-order valence-corrected chi connectivity index (χ4v) is 4.59. The normalized spacial score (nSPS) is 35.8. The van der Waals surface area contributed by atoms with Gasteiger partial charge in [-0.05, 0) is 56.8 Å². The predicted molar refractivity (Wildman–Crippen MR) is 74.4 cm³/mol. The quantitative estimate of drug-likeness (QED) is 0.561. The van der Waals surface area contributed by atoms with Crippen molar-refractivity contribution in [1.82, 2.24) is 0 Å². The summed E-state index contributed by atoms with van der Waals surface area (Å²) in [6.07, 6.45) is 11.9. The van der Waals surface area contributed by atoms with Crippen molar-refractivity contribution in [1.29, 1.82) is 0 Å². The monoisotopic (exact) mass is 246 g/mol. The van der Waals surface area contributed by atoms with Crippen LogP contribution in [0.15, 0.2) is 11.1 Å². The maximum absolute atomic E-state index is 12.4. The van der Waals surface area contributed by atoms with E-state index in [4.69, 9.17) is 0 Å². The zero-order chi connectivity index (χ0) is 12.8. The average Bonchev–Trinajstić information content (AvgIpc) is 2.34. The molecule has 18 heavy (non-hydrogen) atoms. The van der Waals surface area contributed by atoms with Crippen LogP contribution in [0.25, 0.3) is 0 Å². The maximum atomic E-state index is 12.4. The minimum Gasteiger partial charge on any atom is -0.299 e. The van der Waals surface area contributed by atoms with Gasteiger partial charge in [-0.3, -0.25) is 4.79 Å². The lowest BCUT2D eigenvalue weighted by molar-refractivity contribution is -0.132. The zero-order valence-electron chi connectivity index (χ0n) is 12.0. The number of Topliss-reactive ketones (excluding diaryl/α,β-unsaturated/α-hetero) is 1. The molecule has 1 fully saturated rings. The number of rotatable bonds is 0. The maximum Gasteiger partial charge on any atom is 0.139 e. The molecule has 1 unspecified atom stereocenters. The Morgan fingerprint density at radius 1 is 0.889 bits per heavy atom. The zero-order valence-corrected chi connectivity index (χ0v) is 12.0. The standard InChI is InChI=1S/C17H26O/c1-16(2)9-5-6-13-8-11-17(12-14(13)16)10-4-3-7-15(17)18/h3-12H2,1-2H3. The van der Waals surface area contributed by atoms with Gasteiger partial charge in [-0.25, -0.2) is 0 Å². The molecular weight excluding hydrogens is 220 g/mol. The fourth-order valence-electron chi connectivity index (χ4n) is 4.59. The van der Waals surface area contributed by atoms with Gasteiger partial charge >= 0.3 is 0 Å². The van der Waals surface area contributed by atoms with Crippen molar-refractivity contribution in [2.45, 2.75) is 78.1 Å². The molecular formula is C17H26O. The van der Waals surface area contributed by atoms with Gasteiger partial charge in [-0.15, -0.1) is 0 Å². The molecule has 0 aromatic rings. The molecule has 1 heteroatoms. The second-order valence-corrected chi connectivity index (χ2v) is 7.41. The third-order valence-corrected chi connectivity index (χ3v) is 5.85. The second kappa shape index (κ2) is 4.21. The van der Waals surface area contributed by atoms with Crippen molar-refractivity contribution in [3.63, 3.8) is 0 Å². The summed E-state index contributed by atoms with van der Waals surface area (Å²) in [5.41, 5.74) is 3.82. The molecule has 0 aromatic heterocycles. The summed E-state index contributed by atoms with van der Waals surface area (Å²) in [5.74, 6) is 0.585. The van der Waals surface area contributed by atoms with E-state index in [2.05, 4.69) is 13.8 Å². The van der Waals surface area contributed by atoms with E-state index in [9.17, 15) is 4.79 Å². The van der Waals surface area contributed by atoms with Gasteiger partial charge in [0.25, 0.3) is 0 Å². The van der Waals surface area contributed by atoms with E-state index in [0.717, 1.165) is 25.7 Å². The topological polar surface area (TPSA) is 17.1 Å². The largest absolute Gasteiger partial charge is 0.299 e. The highest BCUT2D eigenvalue weighted by atomic mass is 16.1. The molecule has 0 heterocycles. The van der Waals surface area contributed by atoms with Crippen LogP contribution in [0.2, 0.25) is 0 Å². The first-order chi connectivity index (χ1) is 8.54. The van der Waals surface area contributed by atoms with Gasteiger partial charge in [0.05, 0.1) is 0 Å². The molecule has 0 bridgehead atoms. The van der Waals surface area contributed by atoms with Gasteiger partial charge in [0, 0.05) is 11.8 Å². The van der Waals surface area contributed by atoms with E-state index in [-0.39, 0.29) is 5.41 Å². The van der Waals surface area contributed by atoms with E-state index in [0.29, 0.717) is 11.2 Å². The van der Waals surface area contributed by atoms with Crippen LogP contribution in [0.5, 0.6) is 0 Å². The van der Waals surface area contributed by atoms with Gasteiger partial charge in [0.2, 0.25) is 0 Å². The van der Waals surface area contributed by atoms with E-state index in [1.165, 1.54) is 38.5 Å².